The number of ether oxygens (including phenoxy) is 2. The molecule has 3 saturated carbocycles. The van der Waals surface area contributed by atoms with Crippen LogP contribution in [0.5, 0.6) is 5.88 Å². The van der Waals surface area contributed by atoms with Gasteiger partial charge in [-0.1, -0.05) is 0 Å². The Morgan fingerprint density at radius 2 is 2.04 bits per heavy atom. The molecule has 4 fully saturated rings. The van der Waals surface area contributed by atoms with Crippen LogP contribution in [0.1, 0.15) is 29.6 Å². The number of aromatic nitrogens is 2. The van der Waals surface area contributed by atoms with Gasteiger partial charge in [0.15, 0.2) is 0 Å². The van der Waals surface area contributed by atoms with Crippen molar-refractivity contribution in [3.8, 4) is 5.88 Å². The van der Waals surface area contributed by atoms with Crippen LogP contribution in [0.4, 0.5) is 5.82 Å². The number of nitrogens with one attached hydrogen (secondary N) is 1. The zero-order valence-corrected chi connectivity index (χ0v) is 13.2. The summed E-state index contributed by atoms with van der Waals surface area (Å²) in [5.74, 6) is 0.101. The molecule has 3 aliphatic carbocycles. The van der Waals surface area contributed by atoms with Gasteiger partial charge in [-0.25, -0.2) is 9.97 Å². The molecule has 1 aromatic heterocycles. The van der Waals surface area contributed by atoms with Crippen LogP contribution < -0.4 is 15.8 Å². The van der Waals surface area contributed by atoms with Gasteiger partial charge in [0.05, 0.1) is 20.3 Å². The van der Waals surface area contributed by atoms with E-state index in [1.807, 2.05) is 0 Å². The monoisotopic (exact) mass is 319 g/mol. The van der Waals surface area contributed by atoms with E-state index in [1.54, 1.807) is 0 Å². The smallest absolute Gasteiger partial charge is 0.257 e. The van der Waals surface area contributed by atoms with E-state index in [9.17, 15) is 4.79 Å². The Morgan fingerprint density at radius 1 is 1.35 bits per heavy atom. The van der Waals surface area contributed by atoms with E-state index in [1.165, 1.54) is 13.4 Å². The van der Waals surface area contributed by atoms with Gasteiger partial charge in [0.1, 0.15) is 17.7 Å². The summed E-state index contributed by atoms with van der Waals surface area (Å²) in [5, 5.41) is 3.42. The van der Waals surface area contributed by atoms with Gasteiger partial charge in [-0.2, -0.15) is 0 Å². The predicted octanol–water partition coefficient (Wildman–Crippen LogP) is 0.00330. The lowest BCUT2D eigenvalue weighted by atomic mass is 9.43. The minimum atomic E-state index is -0.584. The maximum Gasteiger partial charge on any atom is 0.257 e. The Morgan fingerprint density at radius 3 is 2.65 bits per heavy atom. The number of anilines is 1. The third kappa shape index (κ3) is 2.16. The highest BCUT2D eigenvalue weighted by atomic mass is 16.5. The quantitative estimate of drug-likeness (QED) is 0.787. The zero-order valence-electron chi connectivity index (χ0n) is 13.2. The summed E-state index contributed by atoms with van der Waals surface area (Å²) >= 11 is 0. The Kier molecular flexibility index (Phi) is 3.21. The summed E-state index contributed by atoms with van der Waals surface area (Å²) in [5.41, 5.74) is 6.01. The van der Waals surface area contributed by atoms with Gasteiger partial charge in [-0.05, 0) is 19.3 Å². The van der Waals surface area contributed by atoms with E-state index in [-0.39, 0.29) is 17.0 Å². The molecular formula is C15H21N5O3. The number of hydrogen-bond acceptors (Lipinski definition) is 7. The standard InChI is InChI=1S/C15H21N5O3/c1-22-13-10(11(16)21)12(17-9-18-13)19-14-6-15(7-14,8-14)20-2-4-23-5-3-20/h9H,2-8H2,1H3,(H2,16,21)(H,17,18,19). The van der Waals surface area contributed by atoms with Crippen LogP contribution >= 0.6 is 0 Å². The number of carbonyl (C=O) groups is 1. The van der Waals surface area contributed by atoms with E-state index < -0.39 is 5.91 Å². The molecule has 0 atom stereocenters. The molecule has 3 N–H and O–H groups in total. The van der Waals surface area contributed by atoms with E-state index in [4.69, 9.17) is 15.2 Å². The van der Waals surface area contributed by atoms with Crippen LogP contribution in [-0.4, -0.2) is 65.3 Å². The molecule has 0 aromatic carbocycles. The number of primary amides is 1. The zero-order chi connectivity index (χ0) is 16.1. The van der Waals surface area contributed by atoms with Crippen LogP contribution in [0.3, 0.4) is 0 Å². The van der Waals surface area contributed by atoms with Gasteiger partial charge in [0.25, 0.3) is 5.91 Å². The Bertz CT molecular complexity index is 624. The summed E-state index contributed by atoms with van der Waals surface area (Å²) in [6, 6.07) is 0. The highest BCUT2D eigenvalue weighted by Crippen LogP contribution is 2.64. The highest BCUT2D eigenvalue weighted by molar-refractivity contribution is 5.99. The second-order valence-electron chi connectivity index (χ2n) is 6.73. The van der Waals surface area contributed by atoms with E-state index in [0.717, 1.165) is 45.6 Å². The van der Waals surface area contributed by atoms with Gasteiger partial charge >= 0.3 is 0 Å². The number of nitrogens with two attached hydrogens (primary N) is 1. The van der Waals surface area contributed by atoms with E-state index in [0.29, 0.717) is 11.4 Å². The summed E-state index contributed by atoms with van der Waals surface area (Å²) < 4.78 is 10.6. The molecule has 5 rings (SSSR count). The minimum absolute atomic E-state index is 0.0157. The molecule has 1 saturated heterocycles. The molecule has 8 nitrogen and oxygen atoms in total. The first-order valence-corrected chi connectivity index (χ1v) is 7.87. The molecule has 2 heterocycles. The van der Waals surface area contributed by atoms with Crippen molar-refractivity contribution >= 4 is 11.7 Å². The second-order valence-corrected chi connectivity index (χ2v) is 6.73. The first-order chi connectivity index (χ1) is 11.1. The first kappa shape index (κ1) is 14.6. The molecule has 1 aromatic rings. The van der Waals surface area contributed by atoms with Crippen molar-refractivity contribution in [2.24, 2.45) is 5.73 Å². The lowest BCUT2D eigenvalue weighted by Gasteiger charge is -2.74. The molecule has 0 spiro atoms. The molecule has 1 aliphatic heterocycles. The molecule has 124 valence electrons. The average Bonchev–Trinajstić information content (AvgIpc) is 2.49. The Hall–Kier alpha value is -1.93. The fraction of sp³-hybridized carbons (Fsp3) is 0.667. The topological polar surface area (TPSA) is 103 Å². The minimum Gasteiger partial charge on any atom is -0.480 e. The molecular weight excluding hydrogens is 298 g/mol. The summed E-state index contributed by atoms with van der Waals surface area (Å²) in [6.07, 6.45) is 4.57. The van der Waals surface area contributed by atoms with Crippen molar-refractivity contribution in [2.75, 3.05) is 38.7 Å². The van der Waals surface area contributed by atoms with E-state index in [2.05, 4.69) is 20.2 Å². The maximum absolute atomic E-state index is 11.7. The number of morpholine rings is 1. The third-order valence-corrected chi connectivity index (χ3v) is 5.32. The van der Waals surface area contributed by atoms with Crippen LogP contribution in [0.2, 0.25) is 0 Å². The van der Waals surface area contributed by atoms with Crippen molar-refractivity contribution in [3.63, 3.8) is 0 Å². The molecule has 4 aliphatic rings. The summed E-state index contributed by atoms with van der Waals surface area (Å²) in [4.78, 5) is 22.4. The van der Waals surface area contributed by atoms with Gasteiger partial charge in [0, 0.05) is 24.2 Å². The molecule has 8 heteroatoms. The molecule has 1 amide bonds. The van der Waals surface area contributed by atoms with Crippen LogP contribution in [0.25, 0.3) is 0 Å². The number of rotatable bonds is 5. The number of hydrogen-bond donors (Lipinski definition) is 2. The fourth-order valence-corrected chi connectivity index (χ4v) is 4.33. The Balaban J connectivity index is 1.48. The van der Waals surface area contributed by atoms with Gasteiger partial charge < -0.3 is 20.5 Å². The van der Waals surface area contributed by atoms with Crippen LogP contribution in [-0.2, 0) is 4.74 Å². The number of amides is 1. The normalized spacial score (nSPS) is 32.6. The third-order valence-electron chi connectivity index (χ3n) is 5.32. The largest absolute Gasteiger partial charge is 0.480 e. The lowest BCUT2D eigenvalue weighted by Crippen LogP contribution is -2.82. The average molecular weight is 319 g/mol. The van der Waals surface area contributed by atoms with Crippen molar-refractivity contribution in [1.82, 2.24) is 14.9 Å². The van der Waals surface area contributed by atoms with E-state index >= 15 is 0 Å². The number of carbonyl (C=O) groups excluding carboxylic acids is 1. The van der Waals surface area contributed by atoms with Gasteiger partial charge in [0.2, 0.25) is 5.88 Å². The van der Waals surface area contributed by atoms with Crippen LogP contribution in [0.15, 0.2) is 6.33 Å². The molecule has 23 heavy (non-hydrogen) atoms. The van der Waals surface area contributed by atoms with Gasteiger partial charge in [-0.15, -0.1) is 0 Å². The second kappa shape index (κ2) is 5.04. The molecule has 0 unspecified atom stereocenters. The van der Waals surface area contributed by atoms with Gasteiger partial charge in [-0.3, -0.25) is 9.69 Å². The van der Waals surface area contributed by atoms with Crippen molar-refractivity contribution in [3.05, 3.63) is 11.9 Å². The van der Waals surface area contributed by atoms with Crippen molar-refractivity contribution < 1.29 is 14.3 Å². The number of nitrogens with zero attached hydrogens (tertiary/aromatic N) is 3. The summed E-state index contributed by atoms with van der Waals surface area (Å²) in [7, 11) is 1.47. The maximum atomic E-state index is 11.7. The molecule has 0 radical (unpaired) electrons. The summed E-state index contributed by atoms with van der Waals surface area (Å²) in [6.45, 7) is 3.64. The SMILES string of the molecule is COc1ncnc(NC23CC(N4CCOCC4)(C2)C3)c1C(N)=O. The number of methoxy groups -OCH3 is 1. The fourth-order valence-electron chi connectivity index (χ4n) is 4.33. The lowest BCUT2D eigenvalue weighted by molar-refractivity contribution is -0.172. The predicted molar refractivity (Wildman–Crippen MR) is 82.4 cm³/mol. The Labute approximate surface area is 134 Å². The first-order valence-electron chi connectivity index (χ1n) is 7.87. The molecule has 2 bridgehead atoms. The van der Waals surface area contributed by atoms with Crippen molar-refractivity contribution in [1.29, 1.82) is 0 Å². The van der Waals surface area contributed by atoms with Crippen LogP contribution in [0, 0.1) is 0 Å². The highest BCUT2D eigenvalue weighted by Gasteiger charge is 2.70. The van der Waals surface area contributed by atoms with Crippen molar-refractivity contribution in [2.45, 2.75) is 30.3 Å².